The molecule has 0 bridgehead atoms. The van der Waals surface area contributed by atoms with Crippen molar-refractivity contribution in [3.05, 3.63) is 64.9 Å². The highest BCUT2D eigenvalue weighted by Gasteiger charge is 2.19. The van der Waals surface area contributed by atoms with Crippen LogP contribution in [0.5, 0.6) is 0 Å². The second kappa shape index (κ2) is 7.84. The molecule has 0 fully saturated rings. The lowest BCUT2D eigenvalue weighted by Gasteiger charge is -2.08. The topological polar surface area (TPSA) is 69.6 Å². The number of thioether (sulfide) groups is 1. The Morgan fingerprint density at radius 1 is 1.19 bits per heavy atom. The van der Waals surface area contributed by atoms with Gasteiger partial charge in [0.25, 0.3) is 0 Å². The number of aryl methyl sites for hydroxylation is 2. The summed E-state index contributed by atoms with van der Waals surface area (Å²) in [7, 11) is 0. The summed E-state index contributed by atoms with van der Waals surface area (Å²) in [6.45, 7) is 2.88. The van der Waals surface area contributed by atoms with Gasteiger partial charge in [0.1, 0.15) is 6.33 Å². The van der Waals surface area contributed by atoms with Crippen LogP contribution in [-0.2, 0) is 13.0 Å². The summed E-state index contributed by atoms with van der Waals surface area (Å²) in [5, 5.41) is 15.3. The van der Waals surface area contributed by atoms with Crippen LogP contribution in [0.15, 0.2) is 63.9 Å². The zero-order valence-electron chi connectivity index (χ0n) is 14.1. The van der Waals surface area contributed by atoms with E-state index >= 15 is 0 Å². The fourth-order valence-electron chi connectivity index (χ4n) is 2.49. The Bertz CT molecular complexity index is 949. The summed E-state index contributed by atoms with van der Waals surface area (Å²) in [4.78, 5) is 5.88. The highest BCUT2D eigenvalue weighted by Crippen LogP contribution is 2.33. The average Bonchev–Trinajstić information content (AvgIpc) is 3.42. The first-order valence-corrected chi connectivity index (χ1v) is 10.0. The third-order valence-corrected chi connectivity index (χ3v) is 5.88. The predicted octanol–water partition coefficient (Wildman–Crippen LogP) is 4.49. The van der Waals surface area contributed by atoms with Crippen LogP contribution in [0.25, 0.3) is 11.4 Å². The molecule has 6 nitrogen and oxygen atoms in total. The maximum absolute atomic E-state index is 5.45. The Kier molecular flexibility index (Phi) is 5.12. The molecule has 8 heteroatoms. The van der Waals surface area contributed by atoms with E-state index in [-0.39, 0.29) is 5.25 Å². The molecule has 4 aromatic rings. The minimum Gasteiger partial charge on any atom is -0.338 e. The van der Waals surface area contributed by atoms with Crippen LogP contribution in [-0.4, -0.2) is 24.9 Å². The summed E-state index contributed by atoms with van der Waals surface area (Å²) in [6, 6.07) is 14.0. The van der Waals surface area contributed by atoms with Crippen molar-refractivity contribution in [2.45, 2.75) is 30.3 Å². The molecule has 0 amide bonds. The Balaban J connectivity index is 1.43. The van der Waals surface area contributed by atoms with E-state index in [1.165, 1.54) is 4.88 Å². The van der Waals surface area contributed by atoms with Gasteiger partial charge in [-0.05, 0) is 24.8 Å². The summed E-state index contributed by atoms with van der Waals surface area (Å²) in [5.74, 6) is 1.19. The molecule has 3 aromatic heterocycles. The standard InChI is InChI=1S/C18H17N5OS2/c1-13(17-20-16(22-24-17)14-6-3-2-4-7-14)26-18-21-19-12-23(18)10-9-15-8-5-11-25-15/h2-8,11-13H,9-10H2,1H3. The molecule has 0 saturated heterocycles. The molecule has 0 N–H and O–H groups in total. The molecule has 0 saturated carbocycles. The van der Waals surface area contributed by atoms with Gasteiger partial charge in [0.2, 0.25) is 11.7 Å². The lowest BCUT2D eigenvalue weighted by Crippen LogP contribution is -2.02. The zero-order valence-corrected chi connectivity index (χ0v) is 15.8. The molecular formula is C18H17N5OS2. The number of hydrogen-bond donors (Lipinski definition) is 0. The molecule has 132 valence electrons. The van der Waals surface area contributed by atoms with Crippen molar-refractivity contribution in [1.82, 2.24) is 24.9 Å². The summed E-state index contributed by atoms with van der Waals surface area (Å²) in [6.07, 6.45) is 2.74. The number of hydrogen-bond acceptors (Lipinski definition) is 7. The van der Waals surface area contributed by atoms with Crippen LogP contribution in [0.2, 0.25) is 0 Å². The minimum absolute atomic E-state index is 0.00958. The molecule has 3 heterocycles. The maximum atomic E-state index is 5.45. The van der Waals surface area contributed by atoms with E-state index in [1.54, 1.807) is 29.4 Å². The number of benzene rings is 1. The second-order valence-corrected chi connectivity index (χ2v) is 8.06. The summed E-state index contributed by atoms with van der Waals surface area (Å²) in [5.41, 5.74) is 0.943. The first kappa shape index (κ1) is 17.0. The highest BCUT2D eigenvalue weighted by molar-refractivity contribution is 7.99. The van der Waals surface area contributed by atoms with E-state index in [1.807, 2.05) is 37.3 Å². The van der Waals surface area contributed by atoms with Crippen molar-refractivity contribution < 1.29 is 4.52 Å². The third kappa shape index (κ3) is 3.86. The van der Waals surface area contributed by atoms with Crippen LogP contribution in [0.4, 0.5) is 0 Å². The van der Waals surface area contributed by atoms with Gasteiger partial charge in [0.05, 0.1) is 5.25 Å². The molecular weight excluding hydrogens is 366 g/mol. The van der Waals surface area contributed by atoms with E-state index in [2.05, 4.69) is 42.4 Å². The fourth-order valence-corrected chi connectivity index (χ4v) is 4.07. The van der Waals surface area contributed by atoms with E-state index < -0.39 is 0 Å². The van der Waals surface area contributed by atoms with Gasteiger partial charge in [-0.3, -0.25) is 0 Å². The maximum Gasteiger partial charge on any atom is 0.240 e. The predicted molar refractivity (Wildman–Crippen MR) is 102 cm³/mol. The molecule has 4 rings (SSSR count). The quantitative estimate of drug-likeness (QED) is 0.438. The third-order valence-electron chi connectivity index (χ3n) is 3.86. The Morgan fingerprint density at radius 2 is 2.08 bits per heavy atom. The first-order chi connectivity index (χ1) is 12.8. The monoisotopic (exact) mass is 383 g/mol. The van der Waals surface area contributed by atoms with Gasteiger partial charge >= 0.3 is 0 Å². The van der Waals surface area contributed by atoms with Crippen molar-refractivity contribution in [1.29, 1.82) is 0 Å². The molecule has 0 aliphatic heterocycles. The molecule has 0 radical (unpaired) electrons. The lowest BCUT2D eigenvalue weighted by atomic mass is 10.2. The second-order valence-electron chi connectivity index (χ2n) is 5.72. The van der Waals surface area contributed by atoms with Crippen molar-refractivity contribution in [2.75, 3.05) is 0 Å². The number of rotatable bonds is 7. The van der Waals surface area contributed by atoms with Gasteiger partial charge < -0.3 is 9.09 Å². The lowest BCUT2D eigenvalue weighted by molar-refractivity contribution is 0.380. The van der Waals surface area contributed by atoms with Crippen LogP contribution < -0.4 is 0 Å². The van der Waals surface area contributed by atoms with Crippen molar-refractivity contribution in [3.63, 3.8) is 0 Å². The zero-order chi connectivity index (χ0) is 17.8. The van der Waals surface area contributed by atoms with Gasteiger partial charge in [-0.25, -0.2) is 0 Å². The normalized spacial score (nSPS) is 12.3. The highest BCUT2D eigenvalue weighted by atomic mass is 32.2. The van der Waals surface area contributed by atoms with Gasteiger partial charge in [-0.2, -0.15) is 4.98 Å². The van der Waals surface area contributed by atoms with E-state index in [0.29, 0.717) is 11.7 Å². The van der Waals surface area contributed by atoms with E-state index in [0.717, 1.165) is 23.7 Å². The average molecular weight is 384 g/mol. The Morgan fingerprint density at radius 3 is 2.88 bits per heavy atom. The van der Waals surface area contributed by atoms with E-state index in [9.17, 15) is 0 Å². The van der Waals surface area contributed by atoms with Crippen LogP contribution in [0.1, 0.15) is 22.9 Å². The van der Waals surface area contributed by atoms with Crippen molar-refractivity contribution in [3.8, 4) is 11.4 Å². The fraction of sp³-hybridized carbons (Fsp3) is 0.222. The molecule has 1 unspecified atom stereocenters. The van der Waals surface area contributed by atoms with Gasteiger partial charge in [0, 0.05) is 17.0 Å². The summed E-state index contributed by atoms with van der Waals surface area (Å²) >= 11 is 3.34. The van der Waals surface area contributed by atoms with Gasteiger partial charge in [-0.15, -0.1) is 21.5 Å². The first-order valence-electron chi connectivity index (χ1n) is 8.25. The van der Waals surface area contributed by atoms with Gasteiger partial charge in [0.15, 0.2) is 5.16 Å². The molecule has 0 aliphatic rings. The van der Waals surface area contributed by atoms with Crippen molar-refractivity contribution >= 4 is 23.1 Å². The molecule has 1 aromatic carbocycles. The van der Waals surface area contributed by atoms with Gasteiger partial charge in [-0.1, -0.05) is 53.3 Å². The Hall–Kier alpha value is -2.45. The molecule has 0 spiro atoms. The smallest absolute Gasteiger partial charge is 0.240 e. The molecule has 0 aliphatic carbocycles. The van der Waals surface area contributed by atoms with Crippen LogP contribution in [0.3, 0.4) is 0 Å². The Labute approximate surface area is 159 Å². The number of nitrogens with zero attached hydrogens (tertiary/aromatic N) is 5. The van der Waals surface area contributed by atoms with Crippen LogP contribution >= 0.6 is 23.1 Å². The largest absolute Gasteiger partial charge is 0.338 e. The summed E-state index contributed by atoms with van der Waals surface area (Å²) < 4.78 is 7.52. The number of aromatic nitrogens is 5. The molecule has 1 atom stereocenters. The number of thiophene rings is 1. The van der Waals surface area contributed by atoms with Crippen molar-refractivity contribution in [2.24, 2.45) is 0 Å². The van der Waals surface area contributed by atoms with E-state index in [4.69, 9.17) is 4.52 Å². The van der Waals surface area contributed by atoms with Crippen LogP contribution in [0, 0.1) is 0 Å². The SMILES string of the molecule is CC(Sc1nncn1CCc1cccs1)c1nc(-c2ccccc2)no1. The minimum atomic E-state index is -0.00958. The molecule has 26 heavy (non-hydrogen) atoms.